The minimum Gasteiger partial charge on any atom is -0.550 e. The molecule has 0 fully saturated rings. The molecular formula is C8H15LiO2-. The van der Waals surface area contributed by atoms with E-state index in [0.717, 1.165) is 19.3 Å². The number of aliphatic carboxylic acids is 1. The molecule has 0 aliphatic heterocycles. The molecule has 0 saturated carbocycles. The first kappa shape index (κ1) is 13.6. The number of carboxylic acids is 1. The number of unbranched alkanes of at least 4 members (excludes halogenated alkanes) is 1. The van der Waals surface area contributed by atoms with E-state index >= 15 is 0 Å². The maximum Gasteiger partial charge on any atom is 0.0445 e. The van der Waals surface area contributed by atoms with Crippen molar-refractivity contribution in [2.75, 3.05) is 0 Å². The average Bonchev–Trinajstić information content (AvgIpc) is 1.89. The van der Waals surface area contributed by atoms with Gasteiger partial charge in [-0.2, -0.15) is 0 Å². The molecule has 3 heteroatoms. The van der Waals surface area contributed by atoms with E-state index in [1.807, 2.05) is 6.92 Å². The molecule has 1 atom stereocenters. The Bertz CT molecular complexity index is 104. The van der Waals surface area contributed by atoms with Gasteiger partial charge in [-0.05, 0) is 18.8 Å². The van der Waals surface area contributed by atoms with Gasteiger partial charge in [-0.15, -0.1) is 0 Å². The van der Waals surface area contributed by atoms with Crippen LogP contribution < -0.4 is 5.11 Å². The van der Waals surface area contributed by atoms with Crippen LogP contribution in [-0.2, 0) is 4.79 Å². The fourth-order valence-electron chi connectivity index (χ4n) is 0.939. The zero-order chi connectivity index (χ0) is 7.98. The summed E-state index contributed by atoms with van der Waals surface area (Å²) in [7, 11) is 0. The van der Waals surface area contributed by atoms with Gasteiger partial charge >= 0.3 is 0 Å². The van der Waals surface area contributed by atoms with Gasteiger partial charge in [0.05, 0.1) is 0 Å². The summed E-state index contributed by atoms with van der Waals surface area (Å²) in [5, 5.41) is 10.3. The zero-order valence-electron chi connectivity index (χ0n) is 7.72. The van der Waals surface area contributed by atoms with Crippen LogP contribution in [0.25, 0.3) is 0 Å². The Labute approximate surface area is 80.5 Å². The van der Waals surface area contributed by atoms with E-state index in [-0.39, 0.29) is 24.8 Å². The number of hydrogen-bond donors (Lipinski definition) is 0. The van der Waals surface area contributed by atoms with Crippen molar-refractivity contribution in [3.05, 3.63) is 0 Å². The number of carboxylic acid groups (broad SMARTS) is 1. The Balaban J connectivity index is 0. The van der Waals surface area contributed by atoms with Crippen molar-refractivity contribution in [3.8, 4) is 0 Å². The summed E-state index contributed by atoms with van der Waals surface area (Å²) in [6.07, 6.45) is 3.52. The molecule has 61 valence electrons. The number of carbonyl (C=O) groups excluding carboxylic acids is 1. The third-order valence-corrected chi connectivity index (χ3v) is 1.73. The summed E-state index contributed by atoms with van der Waals surface area (Å²) in [6.45, 7) is 3.94. The monoisotopic (exact) mass is 150 g/mol. The summed E-state index contributed by atoms with van der Waals surface area (Å²) in [4.78, 5) is 10.3. The van der Waals surface area contributed by atoms with Crippen molar-refractivity contribution < 1.29 is 9.90 Å². The first-order valence-corrected chi connectivity index (χ1v) is 3.93. The normalized spacial score (nSPS) is 11.8. The van der Waals surface area contributed by atoms with Gasteiger partial charge in [0.2, 0.25) is 0 Å². The zero-order valence-corrected chi connectivity index (χ0v) is 7.72. The van der Waals surface area contributed by atoms with E-state index in [0.29, 0.717) is 6.42 Å². The second-order valence-electron chi connectivity index (χ2n) is 2.57. The summed E-state index contributed by atoms with van der Waals surface area (Å²) < 4.78 is 0. The third kappa shape index (κ3) is 6.46. The van der Waals surface area contributed by atoms with Gasteiger partial charge in [-0.25, -0.2) is 0 Å². The van der Waals surface area contributed by atoms with Crippen molar-refractivity contribution in [3.63, 3.8) is 0 Å². The van der Waals surface area contributed by atoms with Gasteiger partial charge in [-0.3, -0.25) is 0 Å². The van der Waals surface area contributed by atoms with Crippen LogP contribution in [0.15, 0.2) is 0 Å². The molecule has 0 aromatic carbocycles. The van der Waals surface area contributed by atoms with Crippen molar-refractivity contribution in [1.29, 1.82) is 0 Å². The number of hydrogen-bond acceptors (Lipinski definition) is 2. The number of carbonyl (C=O) groups is 1. The minimum absolute atomic E-state index is 0. The summed E-state index contributed by atoms with van der Waals surface area (Å²) >= 11 is 0. The smallest absolute Gasteiger partial charge is 0.0445 e. The summed E-state index contributed by atoms with van der Waals surface area (Å²) in [6, 6.07) is 0. The van der Waals surface area contributed by atoms with E-state index < -0.39 is 5.97 Å². The topological polar surface area (TPSA) is 40.1 Å². The summed E-state index contributed by atoms with van der Waals surface area (Å²) in [5.41, 5.74) is 0. The molecule has 0 rings (SSSR count). The second-order valence-corrected chi connectivity index (χ2v) is 2.57. The van der Waals surface area contributed by atoms with Crippen LogP contribution in [0.2, 0.25) is 0 Å². The average molecular weight is 150 g/mol. The van der Waals surface area contributed by atoms with Crippen LogP contribution in [0.5, 0.6) is 0 Å². The van der Waals surface area contributed by atoms with Gasteiger partial charge in [-0.1, -0.05) is 26.7 Å². The van der Waals surface area contributed by atoms with Crippen LogP contribution in [0.3, 0.4) is 0 Å². The SMILES string of the molecule is CCCCC(CC)C(=O)[O-].[Li]. The molecule has 0 aromatic rings. The van der Waals surface area contributed by atoms with Gasteiger partial charge < -0.3 is 9.90 Å². The minimum atomic E-state index is -0.893. The van der Waals surface area contributed by atoms with Crippen LogP contribution in [0.1, 0.15) is 39.5 Å². The van der Waals surface area contributed by atoms with Crippen LogP contribution in [0.4, 0.5) is 0 Å². The number of rotatable bonds is 5. The Hall–Kier alpha value is 0.0674. The van der Waals surface area contributed by atoms with E-state index in [1.54, 1.807) is 0 Å². The maximum atomic E-state index is 10.3. The Morgan fingerprint density at radius 1 is 1.45 bits per heavy atom. The van der Waals surface area contributed by atoms with E-state index in [1.165, 1.54) is 0 Å². The Morgan fingerprint density at radius 3 is 2.27 bits per heavy atom. The van der Waals surface area contributed by atoms with Gasteiger partial charge in [0.25, 0.3) is 0 Å². The molecule has 0 heterocycles. The second kappa shape index (κ2) is 8.17. The van der Waals surface area contributed by atoms with E-state index in [9.17, 15) is 9.90 Å². The molecule has 11 heavy (non-hydrogen) atoms. The van der Waals surface area contributed by atoms with E-state index in [4.69, 9.17) is 0 Å². The molecule has 1 radical (unpaired) electrons. The first-order chi connectivity index (χ1) is 4.72. The molecule has 0 aliphatic rings. The van der Waals surface area contributed by atoms with Gasteiger partial charge in [0.1, 0.15) is 0 Å². The molecule has 0 amide bonds. The predicted octanol–water partition coefficient (Wildman–Crippen LogP) is 0.572. The van der Waals surface area contributed by atoms with Gasteiger partial charge in [0.15, 0.2) is 0 Å². The molecule has 0 aliphatic carbocycles. The summed E-state index contributed by atoms with van der Waals surface area (Å²) in [5.74, 6) is -1.11. The van der Waals surface area contributed by atoms with E-state index in [2.05, 4.69) is 6.92 Å². The maximum absolute atomic E-state index is 10.3. The molecule has 0 aromatic heterocycles. The third-order valence-electron chi connectivity index (χ3n) is 1.73. The fourth-order valence-corrected chi connectivity index (χ4v) is 0.939. The van der Waals surface area contributed by atoms with Crippen molar-refractivity contribution >= 4 is 24.8 Å². The quantitative estimate of drug-likeness (QED) is 0.537. The predicted molar refractivity (Wildman–Crippen MR) is 44.1 cm³/mol. The van der Waals surface area contributed by atoms with Crippen LogP contribution in [0, 0.1) is 5.92 Å². The van der Waals surface area contributed by atoms with Crippen molar-refractivity contribution in [2.24, 2.45) is 5.92 Å². The molecule has 0 saturated heterocycles. The molecule has 2 nitrogen and oxygen atoms in total. The van der Waals surface area contributed by atoms with Gasteiger partial charge in [0, 0.05) is 24.8 Å². The Morgan fingerprint density at radius 2 is 2.00 bits per heavy atom. The largest absolute Gasteiger partial charge is 0.550 e. The fraction of sp³-hybridized carbons (Fsp3) is 0.875. The molecule has 0 bridgehead atoms. The molecular weight excluding hydrogens is 135 g/mol. The Kier molecular flexibility index (Phi) is 10.1. The van der Waals surface area contributed by atoms with Crippen molar-refractivity contribution in [1.82, 2.24) is 0 Å². The molecule has 1 unspecified atom stereocenters. The van der Waals surface area contributed by atoms with Crippen LogP contribution in [-0.4, -0.2) is 24.8 Å². The van der Waals surface area contributed by atoms with Crippen molar-refractivity contribution in [2.45, 2.75) is 39.5 Å². The standard InChI is InChI=1S/C8H16O2.Li/c1-3-5-6-7(4-2)8(9)10;/h7H,3-6H2,1-2H3,(H,9,10);/p-1. The molecule has 0 N–H and O–H groups in total. The van der Waals surface area contributed by atoms with Crippen LogP contribution >= 0.6 is 0 Å². The first-order valence-electron chi connectivity index (χ1n) is 3.93. The molecule has 0 spiro atoms.